The summed E-state index contributed by atoms with van der Waals surface area (Å²) in [6, 6.07) is 0.0334. The minimum atomic E-state index is -4.26. The Labute approximate surface area is 80.5 Å². The van der Waals surface area contributed by atoms with Crippen LogP contribution >= 0.6 is 0 Å². The van der Waals surface area contributed by atoms with Gasteiger partial charge in [-0.05, 0) is 25.7 Å². The van der Waals surface area contributed by atoms with Crippen LogP contribution in [0.5, 0.6) is 0 Å². The molecule has 82 valence electrons. The third-order valence-corrected chi connectivity index (χ3v) is 3.28. The molecule has 0 radical (unpaired) electrons. The van der Waals surface area contributed by atoms with Crippen molar-refractivity contribution in [2.75, 3.05) is 0 Å². The zero-order valence-corrected chi connectivity index (χ0v) is 7.72. The van der Waals surface area contributed by atoms with E-state index in [2.05, 4.69) is 5.32 Å². The van der Waals surface area contributed by atoms with Gasteiger partial charge in [0, 0.05) is 12.1 Å². The Balaban J connectivity index is 2.11. The fourth-order valence-corrected chi connectivity index (χ4v) is 2.55. The summed E-state index contributed by atoms with van der Waals surface area (Å²) >= 11 is 0. The van der Waals surface area contributed by atoms with Crippen molar-refractivity contribution < 1.29 is 18.3 Å². The van der Waals surface area contributed by atoms with Crippen LogP contribution in [0.1, 0.15) is 25.7 Å². The molecule has 2 bridgehead atoms. The number of hydrogen-bond donors (Lipinski definition) is 2. The predicted octanol–water partition coefficient (Wildman–Crippen LogP) is 1.44. The van der Waals surface area contributed by atoms with E-state index in [9.17, 15) is 18.3 Å². The molecule has 2 N–H and O–H groups in total. The van der Waals surface area contributed by atoms with Crippen molar-refractivity contribution in [3.8, 4) is 0 Å². The molecular weight excluding hydrogens is 195 g/mol. The summed E-state index contributed by atoms with van der Waals surface area (Å²) in [5.74, 6) is -1.54. The Morgan fingerprint density at radius 2 is 1.64 bits per heavy atom. The van der Waals surface area contributed by atoms with Gasteiger partial charge in [-0.25, -0.2) is 0 Å². The number of aliphatic hydroxyl groups excluding tert-OH is 1. The first kappa shape index (κ1) is 10.2. The Morgan fingerprint density at radius 1 is 1.07 bits per heavy atom. The quantitative estimate of drug-likeness (QED) is 0.632. The van der Waals surface area contributed by atoms with Gasteiger partial charge >= 0.3 is 6.18 Å². The van der Waals surface area contributed by atoms with Gasteiger partial charge in [0.05, 0.1) is 12.0 Å². The van der Waals surface area contributed by atoms with Crippen LogP contribution in [-0.4, -0.2) is 29.5 Å². The molecule has 0 aromatic carbocycles. The Morgan fingerprint density at radius 3 is 2.21 bits per heavy atom. The fourth-order valence-electron chi connectivity index (χ4n) is 2.55. The highest BCUT2D eigenvalue weighted by atomic mass is 19.4. The molecule has 0 aromatic heterocycles. The van der Waals surface area contributed by atoms with E-state index in [-0.39, 0.29) is 24.9 Å². The van der Waals surface area contributed by atoms with Gasteiger partial charge in [0.2, 0.25) is 0 Å². The molecule has 4 atom stereocenters. The Hall–Kier alpha value is -0.290. The monoisotopic (exact) mass is 209 g/mol. The number of alkyl halides is 3. The summed E-state index contributed by atoms with van der Waals surface area (Å²) in [5.41, 5.74) is 0. The first-order valence-corrected chi connectivity index (χ1v) is 4.97. The fraction of sp³-hybridized carbons (Fsp3) is 1.00. The molecule has 0 amide bonds. The van der Waals surface area contributed by atoms with Gasteiger partial charge in [0.15, 0.2) is 0 Å². The van der Waals surface area contributed by atoms with Gasteiger partial charge in [-0.3, -0.25) is 0 Å². The lowest BCUT2D eigenvalue weighted by atomic mass is 9.88. The maximum absolute atomic E-state index is 12.5. The van der Waals surface area contributed by atoms with E-state index >= 15 is 0 Å². The van der Waals surface area contributed by atoms with Crippen LogP contribution in [-0.2, 0) is 0 Å². The molecule has 14 heavy (non-hydrogen) atoms. The zero-order chi connectivity index (χ0) is 10.3. The molecular formula is C9H14F3NO. The van der Waals surface area contributed by atoms with Crippen LogP contribution in [0.3, 0.4) is 0 Å². The summed E-state index contributed by atoms with van der Waals surface area (Å²) in [6.45, 7) is 0. The largest absolute Gasteiger partial charge is 0.394 e. The molecule has 4 unspecified atom stereocenters. The summed E-state index contributed by atoms with van der Waals surface area (Å²) < 4.78 is 37.5. The molecule has 0 aliphatic carbocycles. The molecule has 0 spiro atoms. The Bertz CT molecular complexity index is 219. The van der Waals surface area contributed by atoms with Crippen LogP contribution in [0.25, 0.3) is 0 Å². The normalized spacial score (nSPS) is 43.7. The summed E-state index contributed by atoms with van der Waals surface area (Å²) in [6.07, 6.45) is -3.51. The van der Waals surface area contributed by atoms with E-state index in [4.69, 9.17) is 0 Å². The number of fused-ring (bicyclic) bond motifs is 2. The summed E-state index contributed by atoms with van der Waals surface area (Å²) in [4.78, 5) is 0. The van der Waals surface area contributed by atoms with Crippen molar-refractivity contribution in [1.82, 2.24) is 5.32 Å². The van der Waals surface area contributed by atoms with Crippen LogP contribution in [0.15, 0.2) is 0 Å². The van der Waals surface area contributed by atoms with Gasteiger partial charge < -0.3 is 10.4 Å². The lowest BCUT2D eigenvalue weighted by Gasteiger charge is -2.26. The molecule has 2 rings (SSSR count). The van der Waals surface area contributed by atoms with Crippen LogP contribution in [0, 0.1) is 5.92 Å². The average Bonchev–Trinajstić information content (AvgIpc) is 2.36. The second-order valence-corrected chi connectivity index (χ2v) is 4.32. The van der Waals surface area contributed by atoms with Crippen LogP contribution < -0.4 is 5.32 Å². The summed E-state index contributed by atoms with van der Waals surface area (Å²) in [7, 11) is 0. The topological polar surface area (TPSA) is 32.3 Å². The lowest BCUT2D eigenvalue weighted by Crippen LogP contribution is -2.36. The minimum absolute atomic E-state index is 0.0289. The van der Waals surface area contributed by atoms with E-state index in [0.29, 0.717) is 0 Å². The molecule has 2 fully saturated rings. The van der Waals surface area contributed by atoms with E-state index < -0.39 is 18.2 Å². The van der Waals surface area contributed by atoms with E-state index in [1.807, 2.05) is 0 Å². The second-order valence-electron chi connectivity index (χ2n) is 4.32. The van der Waals surface area contributed by atoms with E-state index in [1.54, 1.807) is 0 Å². The van der Waals surface area contributed by atoms with E-state index in [1.165, 1.54) is 0 Å². The van der Waals surface area contributed by atoms with Crippen molar-refractivity contribution >= 4 is 0 Å². The molecule has 0 aromatic rings. The van der Waals surface area contributed by atoms with Gasteiger partial charge in [-0.15, -0.1) is 0 Å². The number of hydrogen-bond acceptors (Lipinski definition) is 2. The standard InChI is InChI=1S/C9H14F3NO/c10-9(11,12)7-3-5-1-2-6(13-5)4-8(7)14/h5-8,13-14H,1-4H2. The Kier molecular flexibility index (Phi) is 2.47. The van der Waals surface area contributed by atoms with Crippen molar-refractivity contribution in [2.24, 2.45) is 5.92 Å². The van der Waals surface area contributed by atoms with Crippen molar-refractivity contribution in [1.29, 1.82) is 0 Å². The maximum atomic E-state index is 12.5. The first-order valence-electron chi connectivity index (χ1n) is 4.97. The van der Waals surface area contributed by atoms with Crippen molar-refractivity contribution in [2.45, 2.75) is 50.0 Å². The number of halogens is 3. The number of nitrogens with one attached hydrogen (secondary N) is 1. The predicted molar refractivity (Wildman–Crippen MR) is 44.7 cm³/mol. The zero-order valence-electron chi connectivity index (χ0n) is 7.72. The SMILES string of the molecule is OC1CC2CCC(CC1C(F)(F)F)N2. The van der Waals surface area contributed by atoms with Gasteiger partial charge in [0.25, 0.3) is 0 Å². The highest BCUT2D eigenvalue weighted by molar-refractivity contribution is 4.94. The molecule has 2 heterocycles. The molecule has 2 nitrogen and oxygen atoms in total. The van der Waals surface area contributed by atoms with E-state index in [0.717, 1.165) is 12.8 Å². The molecule has 2 aliphatic heterocycles. The van der Waals surface area contributed by atoms with Crippen molar-refractivity contribution in [3.63, 3.8) is 0 Å². The van der Waals surface area contributed by atoms with Gasteiger partial charge in [-0.2, -0.15) is 13.2 Å². The van der Waals surface area contributed by atoms with Crippen LogP contribution in [0.4, 0.5) is 13.2 Å². The molecule has 2 saturated heterocycles. The summed E-state index contributed by atoms with van der Waals surface area (Å²) in [5, 5.41) is 12.6. The van der Waals surface area contributed by atoms with Gasteiger partial charge in [0.1, 0.15) is 0 Å². The first-order chi connectivity index (χ1) is 6.47. The van der Waals surface area contributed by atoms with Crippen LogP contribution in [0.2, 0.25) is 0 Å². The molecule has 2 aliphatic rings. The third kappa shape index (κ3) is 1.88. The average molecular weight is 209 g/mol. The maximum Gasteiger partial charge on any atom is 0.394 e. The highest BCUT2D eigenvalue weighted by Crippen LogP contribution is 2.39. The smallest absolute Gasteiger partial charge is 0.392 e. The van der Waals surface area contributed by atoms with Gasteiger partial charge in [-0.1, -0.05) is 0 Å². The highest BCUT2D eigenvalue weighted by Gasteiger charge is 2.48. The number of aliphatic hydroxyl groups is 1. The molecule has 5 heteroatoms. The minimum Gasteiger partial charge on any atom is -0.392 e. The third-order valence-electron chi connectivity index (χ3n) is 3.28. The lowest BCUT2D eigenvalue weighted by molar-refractivity contribution is -0.202. The number of rotatable bonds is 0. The molecule has 0 saturated carbocycles. The van der Waals surface area contributed by atoms with Crippen molar-refractivity contribution in [3.05, 3.63) is 0 Å². The second kappa shape index (κ2) is 3.38.